The number of alkyl halides is 1. The first-order valence-electron chi connectivity index (χ1n) is 5.42. The second-order valence-corrected chi connectivity index (χ2v) is 5.18. The first-order valence-corrected chi connectivity index (χ1v) is 7.34. The maximum absolute atomic E-state index is 11.7. The van der Waals surface area contributed by atoms with Gasteiger partial charge in [-0.1, -0.05) is 37.9 Å². The molecule has 1 heterocycles. The molecule has 0 radical (unpaired) electrons. The quantitative estimate of drug-likeness (QED) is 0.594. The SMILES string of the molecule is COC(=O)c1cc2ccc(Br)c(CBr)c2nc1OC. The Labute approximate surface area is 127 Å². The lowest BCUT2D eigenvalue weighted by Crippen LogP contribution is -2.06. The summed E-state index contributed by atoms with van der Waals surface area (Å²) in [6.45, 7) is 0. The van der Waals surface area contributed by atoms with E-state index in [2.05, 4.69) is 36.8 Å². The van der Waals surface area contributed by atoms with Crippen molar-refractivity contribution in [2.24, 2.45) is 0 Å². The van der Waals surface area contributed by atoms with Gasteiger partial charge in [-0.2, -0.15) is 0 Å². The number of fused-ring (bicyclic) bond motifs is 1. The zero-order valence-corrected chi connectivity index (χ0v) is 13.5. The fourth-order valence-electron chi connectivity index (χ4n) is 1.80. The molecule has 100 valence electrons. The van der Waals surface area contributed by atoms with Crippen molar-refractivity contribution in [2.75, 3.05) is 14.2 Å². The molecule has 2 rings (SSSR count). The van der Waals surface area contributed by atoms with Gasteiger partial charge in [0.1, 0.15) is 5.56 Å². The summed E-state index contributed by atoms with van der Waals surface area (Å²) in [5.41, 5.74) is 2.11. The normalized spacial score (nSPS) is 10.5. The lowest BCUT2D eigenvalue weighted by molar-refractivity contribution is 0.0596. The Balaban J connectivity index is 2.77. The Morgan fingerprint density at radius 3 is 2.68 bits per heavy atom. The van der Waals surface area contributed by atoms with Gasteiger partial charge in [0.05, 0.1) is 19.7 Å². The van der Waals surface area contributed by atoms with Gasteiger partial charge in [0.2, 0.25) is 5.88 Å². The largest absolute Gasteiger partial charge is 0.480 e. The van der Waals surface area contributed by atoms with Gasteiger partial charge in [-0.3, -0.25) is 0 Å². The minimum atomic E-state index is -0.463. The van der Waals surface area contributed by atoms with Crippen LogP contribution in [0.1, 0.15) is 15.9 Å². The van der Waals surface area contributed by atoms with Crippen molar-refractivity contribution in [2.45, 2.75) is 5.33 Å². The summed E-state index contributed by atoms with van der Waals surface area (Å²) in [6, 6.07) is 5.55. The van der Waals surface area contributed by atoms with Gasteiger partial charge in [0.15, 0.2) is 0 Å². The predicted octanol–water partition coefficient (Wildman–Crippen LogP) is 3.69. The van der Waals surface area contributed by atoms with Crippen LogP contribution in [0.4, 0.5) is 0 Å². The van der Waals surface area contributed by atoms with Crippen molar-refractivity contribution in [3.8, 4) is 5.88 Å². The van der Waals surface area contributed by atoms with E-state index in [4.69, 9.17) is 9.47 Å². The van der Waals surface area contributed by atoms with Crippen LogP contribution in [0.15, 0.2) is 22.7 Å². The molecule has 0 saturated carbocycles. The number of benzene rings is 1. The number of pyridine rings is 1. The highest BCUT2D eigenvalue weighted by Gasteiger charge is 2.17. The molecular formula is C13H11Br2NO3. The lowest BCUT2D eigenvalue weighted by Gasteiger charge is -2.10. The highest BCUT2D eigenvalue weighted by molar-refractivity contribution is 9.10. The number of ether oxygens (including phenoxy) is 2. The second kappa shape index (κ2) is 5.88. The molecule has 19 heavy (non-hydrogen) atoms. The highest BCUT2D eigenvalue weighted by Crippen LogP contribution is 2.30. The first kappa shape index (κ1) is 14.3. The van der Waals surface area contributed by atoms with Gasteiger partial charge in [0.25, 0.3) is 0 Å². The first-order chi connectivity index (χ1) is 9.12. The number of carbonyl (C=O) groups excluding carboxylic acids is 1. The molecule has 0 fully saturated rings. The number of hydrogen-bond acceptors (Lipinski definition) is 4. The zero-order valence-electron chi connectivity index (χ0n) is 10.4. The smallest absolute Gasteiger partial charge is 0.343 e. The molecule has 1 aromatic carbocycles. The molecule has 0 aliphatic carbocycles. The van der Waals surface area contributed by atoms with Crippen LogP contribution in [0, 0.1) is 0 Å². The minimum absolute atomic E-state index is 0.264. The average Bonchev–Trinajstić information content (AvgIpc) is 2.45. The van der Waals surface area contributed by atoms with Gasteiger partial charge in [-0.25, -0.2) is 9.78 Å². The van der Waals surface area contributed by atoms with Crippen molar-refractivity contribution in [3.63, 3.8) is 0 Å². The summed E-state index contributed by atoms with van der Waals surface area (Å²) in [4.78, 5) is 16.1. The van der Waals surface area contributed by atoms with E-state index in [0.29, 0.717) is 10.9 Å². The second-order valence-electron chi connectivity index (χ2n) is 3.77. The van der Waals surface area contributed by atoms with Crippen molar-refractivity contribution in [1.82, 2.24) is 4.98 Å². The third-order valence-corrected chi connectivity index (χ3v) is 4.04. The molecule has 0 unspecified atom stereocenters. The molecule has 0 N–H and O–H groups in total. The maximum atomic E-state index is 11.7. The van der Waals surface area contributed by atoms with Crippen LogP contribution in [0.5, 0.6) is 5.88 Å². The molecule has 2 aromatic rings. The molecule has 0 bridgehead atoms. The monoisotopic (exact) mass is 387 g/mol. The summed E-state index contributed by atoms with van der Waals surface area (Å²) in [5.74, 6) is -0.200. The Hall–Kier alpha value is -1.14. The molecule has 0 amide bonds. The van der Waals surface area contributed by atoms with Gasteiger partial charge in [0, 0.05) is 20.8 Å². The van der Waals surface area contributed by atoms with Crippen LogP contribution >= 0.6 is 31.9 Å². The van der Waals surface area contributed by atoms with Crippen molar-refractivity contribution < 1.29 is 14.3 Å². The molecule has 0 spiro atoms. The topological polar surface area (TPSA) is 48.4 Å². The molecule has 0 aliphatic heterocycles. The van der Waals surface area contributed by atoms with Crippen molar-refractivity contribution in [1.29, 1.82) is 0 Å². The van der Waals surface area contributed by atoms with E-state index in [9.17, 15) is 4.79 Å². The number of esters is 1. The Morgan fingerprint density at radius 2 is 2.11 bits per heavy atom. The van der Waals surface area contributed by atoms with Crippen LogP contribution in [0.3, 0.4) is 0 Å². The van der Waals surface area contributed by atoms with Crippen LogP contribution in [0.2, 0.25) is 0 Å². The number of hydrogen-bond donors (Lipinski definition) is 0. The number of nitrogens with zero attached hydrogens (tertiary/aromatic N) is 1. The number of methoxy groups -OCH3 is 2. The maximum Gasteiger partial charge on any atom is 0.343 e. The summed E-state index contributed by atoms with van der Waals surface area (Å²) in [5, 5.41) is 1.51. The van der Waals surface area contributed by atoms with Crippen molar-refractivity contribution >= 4 is 48.7 Å². The van der Waals surface area contributed by atoms with E-state index in [1.165, 1.54) is 14.2 Å². The minimum Gasteiger partial charge on any atom is -0.480 e. The van der Waals surface area contributed by atoms with Gasteiger partial charge in [-0.15, -0.1) is 0 Å². The van der Waals surface area contributed by atoms with E-state index in [-0.39, 0.29) is 5.88 Å². The number of carbonyl (C=O) groups is 1. The molecule has 0 atom stereocenters. The fraction of sp³-hybridized carbons (Fsp3) is 0.231. The predicted molar refractivity (Wildman–Crippen MR) is 80.0 cm³/mol. The Bertz CT molecular complexity index is 643. The van der Waals surface area contributed by atoms with Crippen molar-refractivity contribution in [3.05, 3.63) is 33.8 Å². The third kappa shape index (κ3) is 2.60. The molecule has 1 aromatic heterocycles. The number of aromatic nitrogens is 1. The molecule has 0 saturated heterocycles. The highest BCUT2D eigenvalue weighted by atomic mass is 79.9. The van der Waals surface area contributed by atoms with E-state index in [1.54, 1.807) is 6.07 Å². The van der Waals surface area contributed by atoms with E-state index >= 15 is 0 Å². The van der Waals surface area contributed by atoms with E-state index in [1.807, 2.05) is 12.1 Å². The molecule has 4 nitrogen and oxygen atoms in total. The van der Waals surface area contributed by atoms with Crippen LogP contribution in [-0.2, 0) is 10.1 Å². The van der Waals surface area contributed by atoms with E-state index < -0.39 is 5.97 Å². The Kier molecular flexibility index (Phi) is 4.42. The van der Waals surface area contributed by atoms with E-state index in [0.717, 1.165) is 20.9 Å². The van der Waals surface area contributed by atoms with Gasteiger partial charge in [-0.05, 0) is 12.1 Å². The van der Waals surface area contributed by atoms with Gasteiger partial charge < -0.3 is 9.47 Å². The third-order valence-electron chi connectivity index (χ3n) is 2.73. The van der Waals surface area contributed by atoms with Crippen LogP contribution in [0.25, 0.3) is 10.9 Å². The number of rotatable bonds is 3. The average molecular weight is 389 g/mol. The zero-order chi connectivity index (χ0) is 14.0. The molecular weight excluding hydrogens is 378 g/mol. The summed E-state index contributed by atoms with van der Waals surface area (Å²) >= 11 is 6.92. The Morgan fingerprint density at radius 1 is 1.37 bits per heavy atom. The van der Waals surface area contributed by atoms with Crippen LogP contribution in [-0.4, -0.2) is 25.2 Å². The summed E-state index contributed by atoms with van der Waals surface area (Å²) in [6.07, 6.45) is 0. The lowest BCUT2D eigenvalue weighted by atomic mass is 10.1. The molecule has 0 aliphatic rings. The summed E-state index contributed by atoms with van der Waals surface area (Å²) < 4.78 is 10.9. The van der Waals surface area contributed by atoms with Crippen LogP contribution < -0.4 is 4.74 Å². The number of halogens is 2. The van der Waals surface area contributed by atoms with Gasteiger partial charge >= 0.3 is 5.97 Å². The molecule has 6 heteroatoms. The summed E-state index contributed by atoms with van der Waals surface area (Å²) in [7, 11) is 2.81. The fourth-order valence-corrected chi connectivity index (χ4v) is 3.20. The standard InChI is InChI=1S/C13H11Br2NO3/c1-18-12-8(13(17)19-2)5-7-3-4-10(15)9(6-14)11(7)16-12/h3-5H,6H2,1-2H3.